The largest absolute Gasteiger partial charge is 0.486 e. The van der Waals surface area contributed by atoms with Gasteiger partial charge in [-0.05, 0) is 48.9 Å². The van der Waals surface area contributed by atoms with Gasteiger partial charge in [-0.2, -0.15) is 0 Å². The molecule has 2 aromatic heterocycles. The molecule has 0 unspecified atom stereocenters. The van der Waals surface area contributed by atoms with Gasteiger partial charge >= 0.3 is 0 Å². The lowest BCUT2D eigenvalue weighted by Crippen LogP contribution is -2.32. The first-order valence-corrected chi connectivity index (χ1v) is 12.8. The van der Waals surface area contributed by atoms with Gasteiger partial charge in [0.1, 0.15) is 19.0 Å². The van der Waals surface area contributed by atoms with Crippen LogP contribution < -0.4 is 9.47 Å². The Morgan fingerprint density at radius 2 is 2.06 bits per heavy atom. The number of rotatable bonds is 9. The van der Waals surface area contributed by atoms with Gasteiger partial charge in [-0.15, -0.1) is 21.5 Å². The summed E-state index contributed by atoms with van der Waals surface area (Å²) < 4.78 is 13.5. The van der Waals surface area contributed by atoms with Crippen LogP contribution in [-0.2, 0) is 17.8 Å². The molecule has 1 amide bonds. The number of ether oxygens (including phenoxy) is 2. The van der Waals surface area contributed by atoms with Gasteiger partial charge in [-0.1, -0.05) is 23.9 Å². The Bertz CT molecular complexity index is 1080. The summed E-state index contributed by atoms with van der Waals surface area (Å²) in [5.74, 6) is 2.96. The zero-order valence-electron chi connectivity index (χ0n) is 18.0. The highest BCUT2D eigenvalue weighted by Gasteiger charge is 2.30. The Morgan fingerprint density at radius 3 is 2.81 bits per heavy atom. The normalized spacial score (nSPS) is 15.0. The third kappa shape index (κ3) is 4.78. The van der Waals surface area contributed by atoms with Gasteiger partial charge in [0.2, 0.25) is 5.91 Å². The predicted molar refractivity (Wildman–Crippen MR) is 125 cm³/mol. The van der Waals surface area contributed by atoms with E-state index in [1.807, 2.05) is 30.0 Å². The lowest BCUT2D eigenvalue weighted by atomic mass is 10.2. The summed E-state index contributed by atoms with van der Waals surface area (Å²) in [5.41, 5.74) is 1.04. The molecule has 3 aromatic rings. The zero-order valence-corrected chi connectivity index (χ0v) is 19.7. The summed E-state index contributed by atoms with van der Waals surface area (Å²) in [6.45, 7) is 4.33. The summed E-state index contributed by atoms with van der Waals surface area (Å²) in [7, 11) is 0. The minimum Gasteiger partial charge on any atom is -0.486 e. The van der Waals surface area contributed by atoms with Crippen molar-refractivity contribution in [3.63, 3.8) is 0 Å². The Morgan fingerprint density at radius 1 is 1.22 bits per heavy atom. The van der Waals surface area contributed by atoms with Gasteiger partial charge in [-0.25, -0.2) is 0 Å². The molecule has 0 bridgehead atoms. The minimum atomic E-state index is 0.0949. The SMILES string of the molecule is CCN(Cc1ccc2c(c1)OCCO2)C(=O)CSc1nnc(Cc2cccs2)n1C1CC1. The van der Waals surface area contributed by atoms with E-state index >= 15 is 0 Å². The molecule has 168 valence electrons. The van der Waals surface area contributed by atoms with Gasteiger partial charge in [0, 0.05) is 30.4 Å². The van der Waals surface area contributed by atoms with E-state index in [1.54, 1.807) is 11.3 Å². The molecule has 7 nitrogen and oxygen atoms in total. The molecule has 0 spiro atoms. The number of carbonyl (C=O) groups excluding carboxylic acids is 1. The van der Waals surface area contributed by atoms with Gasteiger partial charge in [0.15, 0.2) is 16.7 Å². The van der Waals surface area contributed by atoms with Crippen LogP contribution >= 0.6 is 23.1 Å². The highest BCUT2D eigenvalue weighted by Crippen LogP contribution is 2.39. The van der Waals surface area contributed by atoms with Crippen LogP contribution in [0.2, 0.25) is 0 Å². The Balaban J connectivity index is 1.23. The number of nitrogens with zero attached hydrogens (tertiary/aromatic N) is 4. The number of thiophene rings is 1. The number of hydrogen-bond donors (Lipinski definition) is 0. The Labute approximate surface area is 195 Å². The van der Waals surface area contributed by atoms with Crippen LogP contribution in [0, 0.1) is 0 Å². The van der Waals surface area contributed by atoms with Crippen molar-refractivity contribution in [1.82, 2.24) is 19.7 Å². The molecule has 0 atom stereocenters. The van der Waals surface area contributed by atoms with E-state index in [9.17, 15) is 4.79 Å². The number of fused-ring (bicyclic) bond motifs is 1. The zero-order chi connectivity index (χ0) is 21.9. The molecule has 9 heteroatoms. The van der Waals surface area contributed by atoms with Crippen LogP contribution in [0.4, 0.5) is 0 Å². The van der Waals surface area contributed by atoms with Crippen LogP contribution in [0.25, 0.3) is 0 Å². The second-order valence-corrected chi connectivity index (χ2v) is 9.91. The summed E-state index contributed by atoms with van der Waals surface area (Å²) in [4.78, 5) is 16.1. The molecule has 32 heavy (non-hydrogen) atoms. The molecule has 1 fully saturated rings. The van der Waals surface area contributed by atoms with E-state index in [1.165, 1.54) is 16.6 Å². The van der Waals surface area contributed by atoms with Crippen LogP contribution in [0.5, 0.6) is 11.5 Å². The van der Waals surface area contributed by atoms with Crippen molar-refractivity contribution >= 4 is 29.0 Å². The highest BCUT2D eigenvalue weighted by molar-refractivity contribution is 7.99. The van der Waals surface area contributed by atoms with Crippen molar-refractivity contribution in [2.24, 2.45) is 0 Å². The van der Waals surface area contributed by atoms with Crippen molar-refractivity contribution in [3.05, 3.63) is 52.0 Å². The fourth-order valence-electron chi connectivity index (χ4n) is 3.80. The number of aromatic nitrogens is 3. The monoisotopic (exact) mass is 470 g/mol. The van der Waals surface area contributed by atoms with E-state index in [0.717, 1.165) is 47.3 Å². The molecule has 0 radical (unpaired) electrons. The van der Waals surface area contributed by atoms with Crippen molar-refractivity contribution in [2.75, 3.05) is 25.5 Å². The van der Waals surface area contributed by atoms with Crippen LogP contribution in [-0.4, -0.2) is 51.1 Å². The third-order valence-electron chi connectivity index (χ3n) is 5.60. The van der Waals surface area contributed by atoms with Crippen LogP contribution in [0.1, 0.15) is 42.1 Å². The molecular weight excluding hydrogens is 444 g/mol. The average molecular weight is 471 g/mol. The van der Waals surface area contributed by atoms with Crippen LogP contribution in [0.3, 0.4) is 0 Å². The summed E-state index contributed by atoms with van der Waals surface area (Å²) in [6.07, 6.45) is 3.10. The van der Waals surface area contributed by atoms with Crippen molar-refractivity contribution in [1.29, 1.82) is 0 Å². The molecule has 1 aliphatic carbocycles. The van der Waals surface area contributed by atoms with Gasteiger partial charge in [-0.3, -0.25) is 4.79 Å². The fourth-order valence-corrected chi connectivity index (χ4v) is 5.42. The Kier molecular flexibility index (Phi) is 6.36. The van der Waals surface area contributed by atoms with E-state index in [0.29, 0.717) is 38.1 Å². The lowest BCUT2D eigenvalue weighted by molar-refractivity contribution is -0.128. The first-order chi connectivity index (χ1) is 15.7. The smallest absolute Gasteiger partial charge is 0.233 e. The maximum atomic E-state index is 13.0. The maximum Gasteiger partial charge on any atom is 0.233 e. The molecular formula is C23H26N4O3S2. The first kappa shape index (κ1) is 21.3. The van der Waals surface area contributed by atoms with Gasteiger partial charge in [0.25, 0.3) is 0 Å². The number of hydrogen-bond acceptors (Lipinski definition) is 7. The van der Waals surface area contributed by atoms with Crippen molar-refractivity contribution < 1.29 is 14.3 Å². The van der Waals surface area contributed by atoms with Crippen LogP contribution in [0.15, 0.2) is 40.9 Å². The highest BCUT2D eigenvalue weighted by atomic mass is 32.2. The van der Waals surface area contributed by atoms with Crippen molar-refractivity contribution in [2.45, 2.75) is 43.9 Å². The van der Waals surface area contributed by atoms with E-state index < -0.39 is 0 Å². The number of carbonyl (C=O) groups is 1. The average Bonchev–Trinajstić information content (AvgIpc) is 3.37. The van der Waals surface area contributed by atoms with Gasteiger partial charge < -0.3 is 18.9 Å². The molecule has 2 aliphatic rings. The van der Waals surface area contributed by atoms with Gasteiger partial charge in [0.05, 0.1) is 5.75 Å². The van der Waals surface area contributed by atoms with E-state index in [4.69, 9.17) is 9.47 Å². The maximum absolute atomic E-state index is 13.0. The predicted octanol–water partition coefficient (Wildman–Crippen LogP) is 4.18. The lowest BCUT2D eigenvalue weighted by Gasteiger charge is -2.23. The topological polar surface area (TPSA) is 69.5 Å². The molecule has 3 heterocycles. The molecule has 1 saturated carbocycles. The number of benzene rings is 1. The van der Waals surface area contributed by atoms with E-state index in [-0.39, 0.29) is 5.91 Å². The summed E-state index contributed by atoms with van der Waals surface area (Å²) in [5, 5.41) is 11.8. The number of amides is 1. The quantitative estimate of drug-likeness (QED) is 0.437. The second-order valence-electron chi connectivity index (χ2n) is 7.93. The second kappa shape index (κ2) is 9.54. The molecule has 0 N–H and O–H groups in total. The molecule has 1 aromatic carbocycles. The first-order valence-electron chi connectivity index (χ1n) is 11.0. The van der Waals surface area contributed by atoms with Crippen molar-refractivity contribution in [3.8, 4) is 11.5 Å². The fraction of sp³-hybridized carbons (Fsp3) is 0.435. The minimum absolute atomic E-state index is 0.0949. The third-order valence-corrected chi connectivity index (χ3v) is 7.40. The molecule has 1 aliphatic heterocycles. The number of thioether (sulfide) groups is 1. The molecule has 0 saturated heterocycles. The summed E-state index contributed by atoms with van der Waals surface area (Å²) >= 11 is 3.23. The molecule has 5 rings (SSSR count). The summed E-state index contributed by atoms with van der Waals surface area (Å²) in [6, 6.07) is 10.5. The van der Waals surface area contributed by atoms with E-state index in [2.05, 4.69) is 32.3 Å². The standard InChI is InChI=1S/C23H26N4O3S2/c1-2-26(14-16-5-8-19-20(12-16)30-10-9-29-19)22(28)15-32-23-25-24-21(27(23)17-6-7-17)13-18-4-3-11-31-18/h3-5,8,11-12,17H,2,6-7,9-10,13-15H2,1H3. The Hall–Kier alpha value is -2.52.